The van der Waals surface area contributed by atoms with E-state index in [0.29, 0.717) is 18.9 Å². The van der Waals surface area contributed by atoms with Crippen LogP contribution in [0.25, 0.3) is 0 Å². The van der Waals surface area contributed by atoms with Crippen molar-refractivity contribution in [3.63, 3.8) is 0 Å². The van der Waals surface area contributed by atoms with E-state index in [9.17, 15) is 19.5 Å². The minimum atomic E-state index is -1.55. The first kappa shape index (κ1) is 27.4. The van der Waals surface area contributed by atoms with E-state index in [4.69, 9.17) is 9.84 Å². The first-order chi connectivity index (χ1) is 13.4. The lowest BCUT2D eigenvalue weighted by molar-refractivity contribution is -0.172. The van der Waals surface area contributed by atoms with Gasteiger partial charge in [0.1, 0.15) is 5.60 Å². The van der Waals surface area contributed by atoms with Gasteiger partial charge in [-0.2, -0.15) is 0 Å². The molecule has 29 heavy (non-hydrogen) atoms. The van der Waals surface area contributed by atoms with Gasteiger partial charge in [-0.3, -0.25) is 10.1 Å². The summed E-state index contributed by atoms with van der Waals surface area (Å²) in [4.78, 5) is 33.5. The number of rotatable bonds is 10. The van der Waals surface area contributed by atoms with E-state index in [1.807, 2.05) is 6.92 Å². The SMILES string of the molecule is CC(C)(C)OC(=O)C1(C(=O)O)CCCCN1.CCCCCCCC(C)CC(=O)O. The third kappa shape index (κ3) is 11.8. The second-order valence-electron chi connectivity index (χ2n) is 9.00. The van der Waals surface area contributed by atoms with E-state index in [-0.39, 0.29) is 6.42 Å². The minimum absolute atomic E-state index is 0.289. The molecule has 1 rings (SSSR count). The molecular formula is C22H41NO6. The van der Waals surface area contributed by atoms with Crippen LogP contribution in [0.2, 0.25) is 0 Å². The number of carboxylic acid groups (broad SMARTS) is 2. The maximum absolute atomic E-state index is 11.9. The van der Waals surface area contributed by atoms with Crippen LogP contribution in [0.15, 0.2) is 0 Å². The van der Waals surface area contributed by atoms with Gasteiger partial charge in [0.25, 0.3) is 0 Å². The van der Waals surface area contributed by atoms with Gasteiger partial charge >= 0.3 is 17.9 Å². The van der Waals surface area contributed by atoms with E-state index in [1.54, 1.807) is 20.8 Å². The normalized spacial score (nSPS) is 20.2. The molecule has 0 amide bonds. The average molecular weight is 416 g/mol. The summed E-state index contributed by atoms with van der Waals surface area (Å²) in [6.45, 7) is 9.93. The van der Waals surface area contributed by atoms with Gasteiger partial charge in [-0.25, -0.2) is 9.59 Å². The quantitative estimate of drug-likeness (QED) is 0.276. The van der Waals surface area contributed by atoms with Gasteiger partial charge in [0.05, 0.1) is 0 Å². The Morgan fingerprint density at radius 3 is 2.14 bits per heavy atom. The Balaban J connectivity index is 0.000000555. The number of hydrogen-bond acceptors (Lipinski definition) is 5. The van der Waals surface area contributed by atoms with Crippen molar-refractivity contribution in [3.8, 4) is 0 Å². The summed E-state index contributed by atoms with van der Waals surface area (Å²) in [5.74, 6) is -2.16. The lowest BCUT2D eigenvalue weighted by atomic mass is 9.89. The molecule has 170 valence electrons. The molecule has 0 aliphatic carbocycles. The Bertz CT molecular complexity index is 506. The number of aliphatic carboxylic acids is 2. The molecule has 7 nitrogen and oxygen atoms in total. The van der Waals surface area contributed by atoms with Gasteiger partial charge in [0.15, 0.2) is 0 Å². The molecule has 1 fully saturated rings. The highest BCUT2D eigenvalue weighted by Gasteiger charge is 2.49. The van der Waals surface area contributed by atoms with Crippen molar-refractivity contribution >= 4 is 17.9 Å². The fourth-order valence-electron chi connectivity index (χ4n) is 3.21. The molecule has 0 aromatic carbocycles. The summed E-state index contributed by atoms with van der Waals surface area (Å²) in [7, 11) is 0. The van der Waals surface area contributed by atoms with E-state index in [0.717, 1.165) is 19.3 Å². The molecule has 0 bridgehead atoms. The van der Waals surface area contributed by atoms with Crippen LogP contribution in [-0.4, -0.2) is 45.8 Å². The van der Waals surface area contributed by atoms with Crippen molar-refractivity contribution in [2.24, 2.45) is 5.92 Å². The van der Waals surface area contributed by atoms with Crippen LogP contribution in [0.5, 0.6) is 0 Å². The first-order valence-electron chi connectivity index (χ1n) is 10.9. The number of carbonyl (C=O) groups excluding carboxylic acids is 1. The lowest BCUT2D eigenvalue weighted by Crippen LogP contribution is -2.61. The van der Waals surface area contributed by atoms with Crippen molar-refractivity contribution in [1.82, 2.24) is 5.32 Å². The highest BCUT2D eigenvalue weighted by molar-refractivity contribution is 6.04. The highest BCUT2D eigenvalue weighted by Crippen LogP contribution is 2.24. The number of piperidine rings is 1. The largest absolute Gasteiger partial charge is 0.481 e. The predicted octanol–water partition coefficient (Wildman–Crippen LogP) is 4.38. The fraction of sp³-hybridized carbons (Fsp3) is 0.864. The summed E-state index contributed by atoms with van der Waals surface area (Å²) < 4.78 is 5.16. The van der Waals surface area contributed by atoms with Gasteiger partial charge in [-0.05, 0) is 52.5 Å². The zero-order valence-electron chi connectivity index (χ0n) is 18.9. The average Bonchev–Trinajstić information content (AvgIpc) is 2.60. The van der Waals surface area contributed by atoms with Gasteiger partial charge in [0.2, 0.25) is 5.54 Å². The van der Waals surface area contributed by atoms with Gasteiger partial charge in [0, 0.05) is 6.42 Å². The molecule has 3 N–H and O–H groups in total. The summed E-state index contributed by atoms with van der Waals surface area (Å²) >= 11 is 0. The molecular weight excluding hydrogens is 374 g/mol. The van der Waals surface area contributed by atoms with Gasteiger partial charge in [-0.1, -0.05) is 52.4 Å². The number of esters is 1. The molecule has 1 saturated heterocycles. The lowest BCUT2D eigenvalue weighted by Gasteiger charge is -2.34. The Morgan fingerprint density at radius 1 is 1.07 bits per heavy atom. The molecule has 1 aliphatic heterocycles. The standard InChI is InChI=1S/C11H19NO4.C11H22O2/c1-10(2,3)16-9(15)11(8(13)14)6-4-5-7-12-11;1-3-4-5-6-7-8-10(2)9-11(12)13/h12H,4-7H2,1-3H3,(H,13,14);10H,3-9H2,1-2H3,(H,12,13). The zero-order valence-corrected chi connectivity index (χ0v) is 18.9. The highest BCUT2D eigenvalue weighted by atomic mass is 16.6. The number of carbonyl (C=O) groups is 3. The van der Waals surface area contributed by atoms with Crippen molar-refractivity contribution < 1.29 is 29.3 Å². The number of unbranched alkanes of at least 4 members (excludes halogenated alkanes) is 4. The number of nitrogens with one attached hydrogen (secondary N) is 1. The zero-order chi connectivity index (χ0) is 22.5. The summed E-state index contributed by atoms with van der Waals surface area (Å²) in [6.07, 6.45) is 9.62. The maximum atomic E-state index is 11.9. The Kier molecular flexibility index (Phi) is 12.8. The summed E-state index contributed by atoms with van der Waals surface area (Å²) in [5.41, 5.74) is -2.22. The molecule has 2 atom stereocenters. The molecule has 2 unspecified atom stereocenters. The van der Waals surface area contributed by atoms with Crippen LogP contribution >= 0.6 is 0 Å². The van der Waals surface area contributed by atoms with Gasteiger partial charge < -0.3 is 14.9 Å². The molecule has 1 heterocycles. The Hall–Kier alpha value is -1.63. The summed E-state index contributed by atoms with van der Waals surface area (Å²) in [6, 6.07) is 0. The molecule has 0 radical (unpaired) electrons. The van der Waals surface area contributed by atoms with E-state index >= 15 is 0 Å². The van der Waals surface area contributed by atoms with Crippen LogP contribution in [0.4, 0.5) is 0 Å². The van der Waals surface area contributed by atoms with Gasteiger partial charge in [-0.15, -0.1) is 0 Å². The van der Waals surface area contributed by atoms with E-state index in [1.165, 1.54) is 32.1 Å². The molecule has 0 aromatic rings. The van der Waals surface area contributed by atoms with Crippen LogP contribution in [0.1, 0.15) is 98.8 Å². The van der Waals surface area contributed by atoms with Crippen LogP contribution in [-0.2, 0) is 19.1 Å². The van der Waals surface area contributed by atoms with Crippen molar-refractivity contribution in [3.05, 3.63) is 0 Å². The van der Waals surface area contributed by atoms with Crippen molar-refractivity contribution in [1.29, 1.82) is 0 Å². The smallest absolute Gasteiger partial charge is 0.338 e. The van der Waals surface area contributed by atoms with Crippen molar-refractivity contribution in [2.75, 3.05) is 6.54 Å². The monoisotopic (exact) mass is 415 g/mol. The third-order valence-corrected chi connectivity index (χ3v) is 4.84. The van der Waals surface area contributed by atoms with Crippen LogP contribution < -0.4 is 5.32 Å². The Morgan fingerprint density at radius 2 is 1.69 bits per heavy atom. The predicted molar refractivity (Wildman–Crippen MR) is 113 cm³/mol. The molecule has 0 spiro atoms. The second-order valence-corrected chi connectivity index (χ2v) is 9.00. The Labute approximate surface area is 175 Å². The van der Waals surface area contributed by atoms with Crippen molar-refractivity contribution in [2.45, 2.75) is 110 Å². The van der Waals surface area contributed by atoms with Crippen LogP contribution in [0.3, 0.4) is 0 Å². The first-order valence-corrected chi connectivity index (χ1v) is 10.9. The number of hydrogen-bond donors (Lipinski definition) is 3. The molecule has 0 saturated carbocycles. The number of carboxylic acids is 2. The maximum Gasteiger partial charge on any atom is 0.338 e. The molecule has 7 heteroatoms. The van der Waals surface area contributed by atoms with E-state index < -0.39 is 29.0 Å². The summed E-state index contributed by atoms with van der Waals surface area (Å²) in [5, 5.41) is 20.5. The molecule has 0 aromatic heterocycles. The van der Waals surface area contributed by atoms with Crippen LogP contribution in [0, 0.1) is 5.92 Å². The minimum Gasteiger partial charge on any atom is -0.481 e. The fourth-order valence-corrected chi connectivity index (χ4v) is 3.21. The topological polar surface area (TPSA) is 113 Å². The second kappa shape index (κ2) is 13.6. The van der Waals surface area contributed by atoms with E-state index in [2.05, 4.69) is 12.2 Å². The molecule has 1 aliphatic rings. The third-order valence-electron chi connectivity index (χ3n) is 4.84. The number of ether oxygens (including phenoxy) is 1.